The van der Waals surface area contributed by atoms with Crippen LogP contribution in [-0.2, 0) is 4.74 Å². The fraction of sp³-hybridized carbons (Fsp3) is 0.385. The van der Waals surface area contributed by atoms with Crippen molar-refractivity contribution in [3.63, 3.8) is 0 Å². The van der Waals surface area contributed by atoms with E-state index in [0.717, 1.165) is 25.1 Å². The topological polar surface area (TPSA) is 21.3 Å². The molecule has 98 valence electrons. The Bertz CT molecular complexity index is 394. The zero-order valence-electron chi connectivity index (χ0n) is 9.81. The van der Waals surface area contributed by atoms with Crippen molar-refractivity contribution in [1.29, 1.82) is 0 Å². The van der Waals surface area contributed by atoms with E-state index in [2.05, 4.69) is 5.32 Å². The second-order valence-corrected chi connectivity index (χ2v) is 5.05. The Labute approximate surface area is 109 Å². The van der Waals surface area contributed by atoms with Crippen LogP contribution in [0.3, 0.4) is 0 Å². The molecule has 1 heterocycles. The van der Waals surface area contributed by atoms with Gasteiger partial charge in [-0.2, -0.15) is 8.78 Å². The van der Waals surface area contributed by atoms with E-state index in [9.17, 15) is 8.78 Å². The third-order valence-corrected chi connectivity index (χ3v) is 3.36. The minimum atomic E-state index is -2.37. The second kappa shape index (κ2) is 6.64. The summed E-state index contributed by atoms with van der Waals surface area (Å²) in [4.78, 5) is 0.576. The Kier molecular flexibility index (Phi) is 4.87. The number of nitrogens with one attached hydrogen (secondary N) is 1. The average Bonchev–Trinajstić information content (AvgIpc) is 2.38. The van der Waals surface area contributed by atoms with Crippen LogP contribution in [0.5, 0.6) is 0 Å². The van der Waals surface area contributed by atoms with E-state index in [1.807, 2.05) is 18.2 Å². The summed E-state index contributed by atoms with van der Waals surface area (Å²) in [5.41, 5.74) is 0.923. The monoisotopic (exact) mass is 271 g/mol. The summed E-state index contributed by atoms with van der Waals surface area (Å²) in [5.74, 6) is -2.37. The van der Waals surface area contributed by atoms with Crippen LogP contribution in [0.4, 0.5) is 14.5 Å². The zero-order chi connectivity index (χ0) is 12.8. The molecule has 18 heavy (non-hydrogen) atoms. The molecule has 1 aromatic carbocycles. The molecule has 0 fully saturated rings. The summed E-state index contributed by atoms with van der Waals surface area (Å²) in [6, 6.07) is 7.01. The maximum Gasteiger partial charge on any atom is 0.288 e. The SMILES string of the molecule is FC(F)Sc1ccc(NCC2CCC=CO2)cc1. The van der Waals surface area contributed by atoms with Gasteiger partial charge >= 0.3 is 0 Å². The number of rotatable bonds is 5. The molecule has 0 bridgehead atoms. The van der Waals surface area contributed by atoms with E-state index < -0.39 is 5.76 Å². The maximum atomic E-state index is 12.1. The third kappa shape index (κ3) is 4.22. The summed E-state index contributed by atoms with van der Waals surface area (Å²) in [7, 11) is 0. The molecule has 1 N–H and O–H groups in total. The molecule has 1 aromatic rings. The standard InChI is InChI=1S/C13H15F2NOS/c14-13(15)18-12-6-4-10(5-7-12)16-9-11-3-1-2-8-17-11/h2,4-8,11,13,16H,1,3,9H2. The van der Waals surface area contributed by atoms with E-state index >= 15 is 0 Å². The Morgan fingerprint density at radius 3 is 2.72 bits per heavy atom. The molecule has 1 aliphatic heterocycles. The number of thioether (sulfide) groups is 1. The van der Waals surface area contributed by atoms with Crippen molar-refractivity contribution in [2.75, 3.05) is 11.9 Å². The van der Waals surface area contributed by atoms with Crippen LogP contribution < -0.4 is 5.32 Å². The summed E-state index contributed by atoms with van der Waals surface area (Å²) in [6.07, 6.45) is 5.97. The number of allylic oxidation sites excluding steroid dienone is 1. The first-order valence-corrected chi connectivity index (χ1v) is 6.71. The summed E-state index contributed by atoms with van der Waals surface area (Å²) < 4.78 is 29.7. The van der Waals surface area contributed by atoms with E-state index in [-0.39, 0.29) is 6.10 Å². The van der Waals surface area contributed by atoms with Crippen molar-refractivity contribution >= 4 is 17.4 Å². The molecule has 0 radical (unpaired) electrons. The van der Waals surface area contributed by atoms with Crippen molar-refractivity contribution in [3.8, 4) is 0 Å². The Hall–Kier alpha value is -1.23. The molecule has 5 heteroatoms. The lowest BCUT2D eigenvalue weighted by Crippen LogP contribution is -2.22. The molecule has 0 spiro atoms. The molecule has 0 aliphatic carbocycles. The lowest BCUT2D eigenvalue weighted by Gasteiger charge is -2.20. The first-order valence-electron chi connectivity index (χ1n) is 5.83. The molecule has 1 atom stereocenters. The lowest BCUT2D eigenvalue weighted by molar-refractivity contribution is 0.135. The van der Waals surface area contributed by atoms with Crippen molar-refractivity contribution in [1.82, 2.24) is 0 Å². The molecular weight excluding hydrogens is 256 g/mol. The van der Waals surface area contributed by atoms with Gasteiger partial charge in [-0.1, -0.05) is 11.8 Å². The summed E-state index contributed by atoms with van der Waals surface area (Å²) in [5, 5.41) is 3.24. The van der Waals surface area contributed by atoms with Gasteiger partial charge in [-0.15, -0.1) is 0 Å². The smallest absolute Gasteiger partial charge is 0.288 e. The fourth-order valence-electron chi connectivity index (χ4n) is 1.72. The maximum absolute atomic E-state index is 12.1. The molecule has 2 rings (SSSR count). The Morgan fingerprint density at radius 1 is 1.33 bits per heavy atom. The van der Waals surface area contributed by atoms with Gasteiger partial charge in [-0.3, -0.25) is 0 Å². The van der Waals surface area contributed by atoms with Gasteiger partial charge in [-0.25, -0.2) is 0 Å². The third-order valence-electron chi connectivity index (χ3n) is 2.64. The Balaban J connectivity index is 1.80. The predicted molar refractivity (Wildman–Crippen MR) is 70.0 cm³/mol. The first-order chi connectivity index (χ1) is 8.74. The van der Waals surface area contributed by atoms with Gasteiger partial charge in [-0.05, 0) is 43.2 Å². The van der Waals surface area contributed by atoms with Gasteiger partial charge in [0.15, 0.2) is 0 Å². The Morgan fingerprint density at radius 2 is 2.11 bits per heavy atom. The number of benzene rings is 1. The van der Waals surface area contributed by atoms with Crippen molar-refractivity contribution in [2.24, 2.45) is 0 Å². The van der Waals surface area contributed by atoms with E-state index in [1.165, 1.54) is 0 Å². The molecule has 2 nitrogen and oxygen atoms in total. The number of alkyl halides is 2. The first kappa shape index (κ1) is 13.2. The highest BCUT2D eigenvalue weighted by Gasteiger charge is 2.10. The van der Waals surface area contributed by atoms with Gasteiger partial charge in [0.25, 0.3) is 5.76 Å². The van der Waals surface area contributed by atoms with Crippen molar-refractivity contribution in [3.05, 3.63) is 36.6 Å². The quantitative estimate of drug-likeness (QED) is 0.814. The molecule has 0 saturated carbocycles. The summed E-state index contributed by atoms with van der Waals surface area (Å²) >= 11 is 0.558. The zero-order valence-corrected chi connectivity index (χ0v) is 10.6. The van der Waals surface area contributed by atoms with Crippen LogP contribution in [0, 0.1) is 0 Å². The number of hydrogen-bond donors (Lipinski definition) is 1. The number of anilines is 1. The van der Waals surface area contributed by atoms with Gasteiger partial charge in [0.1, 0.15) is 6.10 Å². The van der Waals surface area contributed by atoms with Gasteiger partial charge in [0.2, 0.25) is 0 Å². The minimum Gasteiger partial charge on any atom is -0.497 e. The fourth-order valence-corrected chi connectivity index (χ4v) is 2.22. The van der Waals surface area contributed by atoms with Gasteiger partial charge < -0.3 is 10.1 Å². The normalized spacial score (nSPS) is 18.7. The average molecular weight is 271 g/mol. The number of halogens is 2. The van der Waals surface area contributed by atoms with Gasteiger partial charge in [0.05, 0.1) is 12.8 Å². The van der Waals surface area contributed by atoms with E-state index in [4.69, 9.17) is 4.74 Å². The van der Waals surface area contributed by atoms with E-state index in [1.54, 1.807) is 18.4 Å². The summed E-state index contributed by atoms with van der Waals surface area (Å²) in [6.45, 7) is 0.728. The number of hydrogen-bond acceptors (Lipinski definition) is 3. The van der Waals surface area contributed by atoms with Crippen LogP contribution in [0.2, 0.25) is 0 Å². The molecule has 0 aromatic heterocycles. The van der Waals surface area contributed by atoms with Crippen LogP contribution in [0.25, 0.3) is 0 Å². The van der Waals surface area contributed by atoms with Crippen molar-refractivity contribution < 1.29 is 13.5 Å². The van der Waals surface area contributed by atoms with Crippen LogP contribution in [0.15, 0.2) is 41.5 Å². The van der Waals surface area contributed by atoms with Crippen LogP contribution >= 0.6 is 11.8 Å². The van der Waals surface area contributed by atoms with Gasteiger partial charge in [0, 0.05) is 10.6 Å². The highest BCUT2D eigenvalue weighted by molar-refractivity contribution is 7.99. The molecule has 1 unspecified atom stereocenters. The predicted octanol–water partition coefficient (Wildman–Crippen LogP) is 4.11. The molecule has 1 aliphatic rings. The highest BCUT2D eigenvalue weighted by Crippen LogP contribution is 2.26. The second-order valence-electron chi connectivity index (χ2n) is 3.99. The van der Waals surface area contributed by atoms with E-state index in [0.29, 0.717) is 16.7 Å². The van der Waals surface area contributed by atoms with Crippen molar-refractivity contribution in [2.45, 2.75) is 29.6 Å². The lowest BCUT2D eigenvalue weighted by atomic mass is 10.1. The minimum absolute atomic E-state index is 0.185. The molecule has 0 saturated heterocycles. The number of ether oxygens (including phenoxy) is 1. The molecule has 0 amide bonds. The molecular formula is C13H15F2NOS. The highest BCUT2D eigenvalue weighted by atomic mass is 32.2. The van der Waals surface area contributed by atoms with Crippen LogP contribution in [-0.4, -0.2) is 18.4 Å². The van der Waals surface area contributed by atoms with Crippen LogP contribution in [0.1, 0.15) is 12.8 Å². The largest absolute Gasteiger partial charge is 0.497 e.